The van der Waals surface area contributed by atoms with Crippen molar-refractivity contribution in [1.82, 2.24) is 15.3 Å². The van der Waals surface area contributed by atoms with Gasteiger partial charge in [0.1, 0.15) is 11.6 Å². The maximum Gasteiger partial charge on any atom is 0.251 e. The SMILES string of the molecule is O=C(NCc1ccc(Br)cc1)c1cccc(Nc2ccnc(-c3ccc(F)cc3)n2)c1. The summed E-state index contributed by atoms with van der Waals surface area (Å²) in [6.45, 7) is 0.441. The quantitative estimate of drug-likeness (QED) is 0.373. The van der Waals surface area contributed by atoms with Crippen molar-refractivity contribution in [1.29, 1.82) is 0 Å². The summed E-state index contributed by atoms with van der Waals surface area (Å²) in [6.07, 6.45) is 1.63. The summed E-state index contributed by atoms with van der Waals surface area (Å²) in [4.78, 5) is 21.3. The van der Waals surface area contributed by atoms with Crippen LogP contribution in [0.4, 0.5) is 15.9 Å². The fraction of sp³-hybridized carbons (Fsp3) is 0.0417. The first-order valence-electron chi connectivity index (χ1n) is 9.55. The minimum Gasteiger partial charge on any atom is -0.348 e. The molecule has 0 saturated carbocycles. The molecule has 0 aliphatic carbocycles. The Bertz CT molecular complexity index is 1200. The smallest absolute Gasteiger partial charge is 0.251 e. The molecule has 0 radical (unpaired) electrons. The van der Waals surface area contributed by atoms with Gasteiger partial charge in [-0.1, -0.05) is 34.1 Å². The van der Waals surface area contributed by atoms with Crippen LogP contribution in [0.3, 0.4) is 0 Å². The molecule has 0 aliphatic rings. The van der Waals surface area contributed by atoms with Crippen LogP contribution in [0.1, 0.15) is 15.9 Å². The molecule has 5 nitrogen and oxygen atoms in total. The van der Waals surface area contributed by atoms with Crippen LogP contribution in [0.25, 0.3) is 11.4 Å². The van der Waals surface area contributed by atoms with E-state index in [4.69, 9.17) is 0 Å². The average molecular weight is 477 g/mol. The van der Waals surface area contributed by atoms with Crippen molar-refractivity contribution in [3.8, 4) is 11.4 Å². The number of anilines is 2. The second-order valence-corrected chi connectivity index (χ2v) is 7.70. The molecule has 2 N–H and O–H groups in total. The number of carbonyl (C=O) groups excluding carboxylic acids is 1. The number of amides is 1. The van der Waals surface area contributed by atoms with E-state index in [1.54, 1.807) is 42.6 Å². The fourth-order valence-corrected chi connectivity index (χ4v) is 3.20. The molecule has 0 aliphatic heterocycles. The van der Waals surface area contributed by atoms with Crippen LogP contribution < -0.4 is 10.6 Å². The zero-order chi connectivity index (χ0) is 21.6. The van der Waals surface area contributed by atoms with Gasteiger partial charge >= 0.3 is 0 Å². The predicted octanol–water partition coefficient (Wildman–Crippen LogP) is 5.72. The molecule has 7 heteroatoms. The van der Waals surface area contributed by atoms with E-state index in [2.05, 4.69) is 36.5 Å². The topological polar surface area (TPSA) is 66.9 Å². The number of rotatable bonds is 6. The lowest BCUT2D eigenvalue weighted by Gasteiger charge is -2.10. The molecule has 3 aromatic carbocycles. The third-order valence-electron chi connectivity index (χ3n) is 4.52. The Hall–Kier alpha value is -3.58. The molecule has 0 fully saturated rings. The Kier molecular flexibility index (Phi) is 6.33. The Labute approximate surface area is 187 Å². The van der Waals surface area contributed by atoms with Gasteiger partial charge in [0.25, 0.3) is 5.91 Å². The number of hydrogen-bond donors (Lipinski definition) is 2. The first kappa shape index (κ1) is 20.7. The molecule has 4 aromatic rings. The Balaban J connectivity index is 1.44. The molecule has 0 bridgehead atoms. The van der Waals surface area contributed by atoms with Crippen LogP contribution in [0.5, 0.6) is 0 Å². The van der Waals surface area contributed by atoms with Crippen LogP contribution in [0, 0.1) is 5.82 Å². The van der Waals surface area contributed by atoms with Gasteiger partial charge in [-0.15, -0.1) is 0 Å². The highest BCUT2D eigenvalue weighted by atomic mass is 79.9. The molecular formula is C24H18BrFN4O. The van der Waals surface area contributed by atoms with E-state index >= 15 is 0 Å². The van der Waals surface area contributed by atoms with E-state index in [1.165, 1.54) is 12.1 Å². The summed E-state index contributed by atoms with van der Waals surface area (Å²) >= 11 is 3.40. The molecule has 4 rings (SSSR count). The van der Waals surface area contributed by atoms with Crippen LogP contribution in [-0.2, 0) is 6.54 Å². The molecule has 0 spiro atoms. The molecule has 0 saturated heterocycles. The number of benzene rings is 3. The molecule has 154 valence electrons. The highest BCUT2D eigenvalue weighted by Gasteiger charge is 2.08. The van der Waals surface area contributed by atoms with Gasteiger partial charge in [0, 0.05) is 34.0 Å². The molecule has 1 aromatic heterocycles. The Morgan fingerprint density at radius 1 is 0.968 bits per heavy atom. The standard InChI is InChI=1S/C24H18BrFN4O/c25-19-8-4-16(5-9-19)15-28-24(31)18-2-1-3-21(14-18)29-22-12-13-27-23(30-22)17-6-10-20(26)11-7-17/h1-14H,15H2,(H,28,31)(H,27,29,30). The van der Waals surface area contributed by atoms with Gasteiger partial charge < -0.3 is 10.6 Å². The van der Waals surface area contributed by atoms with Crippen molar-refractivity contribution in [3.05, 3.63) is 106 Å². The van der Waals surface area contributed by atoms with Crippen molar-refractivity contribution >= 4 is 33.3 Å². The number of nitrogens with zero attached hydrogens (tertiary/aromatic N) is 2. The van der Waals surface area contributed by atoms with Crippen molar-refractivity contribution in [3.63, 3.8) is 0 Å². The minimum atomic E-state index is -0.312. The van der Waals surface area contributed by atoms with Crippen LogP contribution >= 0.6 is 15.9 Å². The average Bonchev–Trinajstić information content (AvgIpc) is 2.79. The molecule has 1 heterocycles. The largest absolute Gasteiger partial charge is 0.348 e. The number of aromatic nitrogens is 2. The predicted molar refractivity (Wildman–Crippen MR) is 122 cm³/mol. The summed E-state index contributed by atoms with van der Waals surface area (Å²) in [5, 5.41) is 6.11. The van der Waals surface area contributed by atoms with Crippen molar-refractivity contribution in [2.24, 2.45) is 0 Å². The zero-order valence-electron chi connectivity index (χ0n) is 16.3. The third kappa shape index (κ3) is 5.52. The second-order valence-electron chi connectivity index (χ2n) is 6.79. The van der Waals surface area contributed by atoms with Gasteiger partial charge in [-0.3, -0.25) is 4.79 Å². The lowest BCUT2D eigenvalue weighted by molar-refractivity contribution is 0.0951. The van der Waals surface area contributed by atoms with E-state index in [9.17, 15) is 9.18 Å². The van der Waals surface area contributed by atoms with Crippen molar-refractivity contribution in [2.75, 3.05) is 5.32 Å². The van der Waals surface area contributed by atoms with Gasteiger partial charge in [-0.2, -0.15) is 0 Å². The number of nitrogens with one attached hydrogen (secondary N) is 2. The van der Waals surface area contributed by atoms with E-state index in [0.29, 0.717) is 29.3 Å². The molecule has 31 heavy (non-hydrogen) atoms. The number of halogens is 2. The highest BCUT2D eigenvalue weighted by Crippen LogP contribution is 2.20. The maximum atomic E-state index is 13.2. The van der Waals surface area contributed by atoms with Crippen molar-refractivity contribution in [2.45, 2.75) is 6.54 Å². The maximum absolute atomic E-state index is 13.2. The number of carbonyl (C=O) groups is 1. The summed E-state index contributed by atoms with van der Waals surface area (Å²) < 4.78 is 14.1. The van der Waals surface area contributed by atoms with E-state index < -0.39 is 0 Å². The molecule has 0 unspecified atom stereocenters. The van der Waals surface area contributed by atoms with E-state index in [1.807, 2.05) is 30.3 Å². The summed E-state index contributed by atoms with van der Waals surface area (Å²) in [6, 6.07) is 22.7. The Morgan fingerprint density at radius 3 is 2.52 bits per heavy atom. The van der Waals surface area contributed by atoms with Crippen molar-refractivity contribution < 1.29 is 9.18 Å². The molecular weight excluding hydrogens is 459 g/mol. The molecule has 0 atom stereocenters. The van der Waals surface area contributed by atoms with Crippen LogP contribution in [0.15, 0.2) is 89.5 Å². The zero-order valence-corrected chi connectivity index (χ0v) is 17.9. The second kappa shape index (κ2) is 9.49. The monoisotopic (exact) mass is 476 g/mol. The van der Waals surface area contributed by atoms with Gasteiger partial charge in [-0.25, -0.2) is 14.4 Å². The lowest BCUT2D eigenvalue weighted by atomic mass is 10.1. The number of hydrogen-bond acceptors (Lipinski definition) is 4. The Morgan fingerprint density at radius 2 is 1.74 bits per heavy atom. The first-order chi connectivity index (χ1) is 15.1. The normalized spacial score (nSPS) is 10.5. The summed E-state index contributed by atoms with van der Waals surface area (Å²) in [5.74, 6) is 0.574. The van der Waals surface area contributed by atoms with Gasteiger partial charge in [0.15, 0.2) is 5.82 Å². The summed E-state index contributed by atoms with van der Waals surface area (Å²) in [7, 11) is 0. The highest BCUT2D eigenvalue weighted by molar-refractivity contribution is 9.10. The minimum absolute atomic E-state index is 0.166. The summed E-state index contributed by atoms with van der Waals surface area (Å²) in [5.41, 5.74) is 2.99. The van der Waals surface area contributed by atoms with E-state index in [0.717, 1.165) is 15.7 Å². The third-order valence-corrected chi connectivity index (χ3v) is 5.05. The van der Waals surface area contributed by atoms with Gasteiger partial charge in [-0.05, 0) is 66.2 Å². The van der Waals surface area contributed by atoms with Gasteiger partial charge in [0.05, 0.1) is 0 Å². The van der Waals surface area contributed by atoms with Crippen LogP contribution in [0.2, 0.25) is 0 Å². The molecule has 1 amide bonds. The van der Waals surface area contributed by atoms with Gasteiger partial charge in [0.2, 0.25) is 0 Å². The first-order valence-corrected chi connectivity index (χ1v) is 10.3. The van der Waals surface area contributed by atoms with Crippen LogP contribution in [-0.4, -0.2) is 15.9 Å². The fourth-order valence-electron chi connectivity index (χ4n) is 2.94. The lowest BCUT2D eigenvalue weighted by Crippen LogP contribution is -2.22. The van der Waals surface area contributed by atoms with E-state index in [-0.39, 0.29) is 11.7 Å².